The van der Waals surface area contributed by atoms with Gasteiger partial charge in [-0.05, 0) is 37.0 Å². The number of nitrogens with one attached hydrogen (secondary N) is 1. The summed E-state index contributed by atoms with van der Waals surface area (Å²) in [4.78, 5) is 13.2. The molecule has 1 unspecified atom stereocenters. The molecule has 0 saturated carbocycles. The summed E-state index contributed by atoms with van der Waals surface area (Å²) in [5.74, 6) is 0.827. The van der Waals surface area contributed by atoms with E-state index in [0.717, 1.165) is 17.7 Å². The van der Waals surface area contributed by atoms with Crippen LogP contribution in [-0.4, -0.2) is 30.9 Å². The van der Waals surface area contributed by atoms with Gasteiger partial charge in [-0.3, -0.25) is 4.79 Å². The zero-order valence-corrected chi connectivity index (χ0v) is 12.7. The van der Waals surface area contributed by atoms with E-state index in [1.807, 2.05) is 12.1 Å². The maximum Gasteiger partial charge on any atom is 0.226 e. The molecular formula is C16H26N2O. The van der Waals surface area contributed by atoms with E-state index in [-0.39, 0.29) is 5.91 Å². The van der Waals surface area contributed by atoms with E-state index < -0.39 is 0 Å². The minimum absolute atomic E-state index is 0.133. The molecule has 1 N–H and O–H groups in total. The van der Waals surface area contributed by atoms with Gasteiger partial charge in [0.05, 0.1) is 6.42 Å². The van der Waals surface area contributed by atoms with Gasteiger partial charge in [-0.1, -0.05) is 26.0 Å². The van der Waals surface area contributed by atoms with E-state index in [1.54, 1.807) is 19.0 Å². The Bertz CT molecular complexity index is 396. The van der Waals surface area contributed by atoms with Crippen molar-refractivity contribution >= 4 is 11.6 Å². The first-order chi connectivity index (χ1) is 8.88. The Morgan fingerprint density at radius 2 is 1.74 bits per heavy atom. The van der Waals surface area contributed by atoms with Crippen LogP contribution >= 0.6 is 0 Å². The molecule has 3 heteroatoms. The van der Waals surface area contributed by atoms with E-state index in [0.29, 0.717) is 18.4 Å². The molecule has 106 valence electrons. The van der Waals surface area contributed by atoms with Crippen LogP contribution in [0, 0.1) is 5.92 Å². The molecule has 1 rings (SSSR count). The van der Waals surface area contributed by atoms with Crippen molar-refractivity contribution in [3.05, 3.63) is 29.8 Å². The largest absolute Gasteiger partial charge is 0.383 e. The van der Waals surface area contributed by atoms with E-state index >= 15 is 0 Å². The first-order valence-electron chi connectivity index (χ1n) is 6.94. The SMILES string of the molecule is CC(C)CC(C)Nc1ccc(CC(=O)N(C)C)cc1. The Hall–Kier alpha value is -1.51. The predicted molar refractivity (Wildman–Crippen MR) is 81.4 cm³/mol. The Kier molecular flexibility index (Phi) is 5.87. The van der Waals surface area contributed by atoms with Gasteiger partial charge in [0.1, 0.15) is 0 Å². The third-order valence-corrected chi connectivity index (χ3v) is 3.05. The Balaban J connectivity index is 2.54. The fourth-order valence-corrected chi connectivity index (χ4v) is 2.10. The van der Waals surface area contributed by atoms with Crippen molar-refractivity contribution in [2.45, 2.75) is 39.7 Å². The lowest BCUT2D eigenvalue weighted by Gasteiger charge is -2.17. The second kappa shape index (κ2) is 7.17. The summed E-state index contributed by atoms with van der Waals surface area (Å²) < 4.78 is 0. The van der Waals surface area contributed by atoms with Gasteiger partial charge >= 0.3 is 0 Å². The van der Waals surface area contributed by atoms with Crippen LogP contribution in [0.5, 0.6) is 0 Å². The summed E-state index contributed by atoms with van der Waals surface area (Å²) in [7, 11) is 3.57. The van der Waals surface area contributed by atoms with Gasteiger partial charge in [-0.25, -0.2) is 0 Å². The fourth-order valence-electron chi connectivity index (χ4n) is 2.10. The highest BCUT2D eigenvalue weighted by Gasteiger charge is 2.07. The number of rotatable bonds is 6. The molecule has 0 aliphatic heterocycles. The van der Waals surface area contributed by atoms with Crippen LogP contribution in [0.3, 0.4) is 0 Å². The fraction of sp³-hybridized carbons (Fsp3) is 0.562. The molecule has 1 amide bonds. The zero-order chi connectivity index (χ0) is 14.4. The van der Waals surface area contributed by atoms with Crippen molar-refractivity contribution in [3.63, 3.8) is 0 Å². The van der Waals surface area contributed by atoms with Crippen LogP contribution in [0.4, 0.5) is 5.69 Å². The number of amides is 1. The molecular weight excluding hydrogens is 236 g/mol. The average molecular weight is 262 g/mol. The molecule has 1 aromatic rings. The van der Waals surface area contributed by atoms with Crippen LogP contribution in [-0.2, 0) is 11.2 Å². The molecule has 0 bridgehead atoms. The van der Waals surface area contributed by atoms with Crippen LogP contribution < -0.4 is 5.32 Å². The van der Waals surface area contributed by atoms with Crippen molar-refractivity contribution in [1.29, 1.82) is 0 Å². The van der Waals surface area contributed by atoms with Crippen molar-refractivity contribution in [3.8, 4) is 0 Å². The number of anilines is 1. The lowest BCUT2D eigenvalue weighted by molar-refractivity contribution is -0.127. The van der Waals surface area contributed by atoms with Gasteiger partial charge in [0.15, 0.2) is 0 Å². The summed E-state index contributed by atoms with van der Waals surface area (Å²) in [5, 5.41) is 3.48. The standard InChI is InChI=1S/C16H26N2O/c1-12(2)10-13(3)17-15-8-6-14(7-9-15)11-16(19)18(4)5/h6-9,12-13,17H,10-11H2,1-5H3. The highest BCUT2D eigenvalue weighted by atomic mass is 16.2. The molecule has 1 aromatic carbocycles. The lowest BCUT2D eigenvalue weighted by atomic mass is 10.0. The minimum atomic E-state index is 0.133. The van der Waals surface area contributed by atoms with Gasteiger partial charge in [-0.15, -0.1) is 0 Å². The third kappa shape index (κ3) is 5.77. The highest BCUT2D eigenvalue weighted by molar-refractivity contribution is 5.78. The zero-order valence-electron chi connectivity index (χ0n) is 12.7. The summed E-state index contributed by atoms with van der Waals surface area (Å²) in [6, 6.07) is 8.61. The molecule has 0 aliphatic rings. The molecule has 0 aromatic heterocycles. The molecule has 3 nitrogen and oxygen atoms in total. The second-order valence-corrected chi connectivity index (χ2v) is 5.84. The minimum Gasteiger partial charge on any atom is -0.383 e. The summed E-state index contributed by atoms with van der Waals surface area (Å²) >= 11 is 0. The van der Waals surface area contributed by atoms with Crippen molar-refractivity contribution in [1.82, 2.24) is 4.90 Å². The van der Waals surface area contributed by atoms with Gasteiger partial charge in [0, 0.05) is 25.8 Å². The number of carbonyl (C=O) groups is 1. The molecule has 0 radical (unpaired) electrons. The average Bonchev–Trinajstić information content (AvgIpc) is 2.30. The number of likely N-dealkylation sites (N-methyl/N-ethyl adjacent to an activating group) is 1. The second-order valence-electron chi connectivity index (χ2n) is 5.84. The van der Waals surface area contributed by atoms with Crippen molar-refractivity contribution < 1.29 is 4.79 Å². The monoisotopic (exact) mass is 262 g/mol. The summed E-state index contributed by atoms with van der Waals surface area (Å²) in [5.41, 5.74) is 2.18. The Morgan fingerprint density at radius 1 is 1.16 bits per heavy atom. The van der Waals surface area contributed by atoms with Crippen LogP contribution in [0.2, 0.25) is 0 Å². The van der Waals surface area contributed by atoms with Crippen molar-refractivity contribution in [2.24, 2.45) is 5.92 Å². The third-order valence-electron chi connectivity index (χ3n) is 3.05. The normalized spacial score (nSPS) is 12.3. The quantitative estimate of drug-likeness (QED) is 0.854. The number of hydrogen-bond donors (Lipinski definition) is 1. The molecule has 0 saturated heterocycles. The van der Waals surface area contributed by atoms with Crippen LogP contribution in [0.15, 0.2) is 24.3 Å². The first-order valence-corrected chi connectivity index (χ1v) is 6.94. The molecule has 1 atom stereocenters. The summed E-state index contributed by atoms with van der Waals surface area (Å²) in [6.45, 7) is 6.66. The molecule has 0 heterocycles. The van der Waals surface area contributed by atoms with Crippen molar-refractivity contribution in [2.75, 3.05) is 19.4 Å². The van der Waals surface area contributed by atoms with E-state index in [4.69, 9.17) is 0 Å². The van der Waals surface area contributed by atoms with Crippen LogP contribution in [0.25, 0.3) is 0 Å². The number of nitrogens with zero attached hydrogens (tertiary/aromatic N) is 1. The van der Waals surface area contributed by atoms with E-state index in [9.17, 15) is 4.79 Å². The Labute approximate surface area is 117 Å². The van der Waals surface area contributed by atoms with Gasteiger partial charge in [-0.2, -0.15) is 0 Å². The molecule has 0 aliphatic carbocycles. The lowest BCUT2D eigenvalue weighted by Crippen LogP contribution is -2.23. The number of benzene rings is 1. The van der Waals surface area contributed by atoms with Gasteiger partial charge < -0.3 is 10.2 Å². The predicted octanol–water partition coefficient (Wildman–Crippen LogP) is 3.16. The van der Waals surface area contributed by atoms with E-state index in [2.05, 4.69) is 38.2 Å². The summed E-state index contributed by atoms with van der Waals surface area (Å²) in [6.07, 6.45) is 1.62. The van der Waals surface area contributed by atoms with Gasteiger partial charge in [0.2, 0.25) is 5.91 Å². The Morgan fingerprint density at radius 3 is 2.21 bits per heavy atom. The van der Waals surface area contributed by atoms with Gasteiger partial charge in [0.25, 0.3) is 0 Å². The number of hydrogen-bond acceptors (Lipinski definition) is 2. The first kappa shape index (κ1) is 15.5. The molecule has 0 spiro atoms. The van der Waals surface area contributed by atoms with Crippen LogP contribution in [0.1, 0.15) is 32.8 Å². The maximum absolute atomic E-state index is 11.6. The number of carbonyl (C=O) groups excluding carboxylic acids is 1. The smallest absolute Gasteiger partial charge is 0.226 e. The maximum atomic E-state index is 11.6. The molecule has 19 heavy (non-hydrogen) atoms. The highest BCUT2D eigenvalue weighted by Crippen LogP contribution is 2.14. The topological polar surface area (TPSA) is 32.3 Å². The van der Waals surface area contributed by atoms with E-state index in [1.165, 1.54) is 0 Å². The molecule has 0 fully saturated rings.